The maximum atomic E-state index is 5.97. The van der Waals surface area contributed by atoms with E-state index in [0.717, 1.165) is 10.1 Å². The summed E-state index contributed by atoms with van der Waals surface area (Å²) in [4.78, 5) is 1.25. The second-order valence-electron chi connectivity index (χ2n) is 4.53. The van der Waals surface area contributed by atoms with Gasteiger partial charge in [-0.3, -0.25) is 0 Å². The van der Waals surface area contributed by atoms with Crippen LogP contribution in [-0.4, -0.2) is 7.11 Å². The van der Waals surface area contributed by atoms with Gasteiger partial charge in [0, 0.05) is 17.0 Å². The Balaban J connectivity index is 2.01. The van der Waals surface area contributed by atoms with Crippen molar-refractivity contribution >= 4 is 22.9 Å². The molecule has 19 heavy (non-hydrogen) atoms. The Hall–Kier alpha value is -1.03. The molecule has 0 fully saturated rings. The number of hydrogen-bond donors (Lipinski definition) is 1. The van der Waals surface area contributed by atoms with Gasteiger partial charge >= 0.3 is 0 Å². The first-order valence-corrected chi connectivity index (χ1v) is 7.45. The molecule has 2 aromatic rings. The molecule has 1 aromatic carbocycles. The first-order valence-electron chi connectivity index (χ1n) is 6.25. The van der Waals surface area contributed by atoms with Gasteiger partial charge < -0.3 is 10.1 Å². The largest absolute Gasteiger partial charge is 0.497 e. The molecule has 1 N–H and O–H groups in total. The second kappa shape index (κ2) is 6.42. The number of benzene rings is 1. The Morgan fingerprint density at radius 2 is 1.74 bits per heavy atom. The molecule has 1 aromatic heterocycles. The van der Waals surface area contributed by atoms with Crippen LogP contribution in [0.2, 0.25) is 4.34 Å². The lowest BCUT2D eigenvalue weighted by molar-refractivity contribution is 0.414. The van der Waals surface area contributed by atoms with E-state index in [1.807, 2.05) is 18.2 Å². The molecular weight excluding hydrogens is 278 g/mol. The van der Waals surface area contributed by atoms with Crippen molar-refractivity contribution in [3.8, 4) is 5.75 Å². The highest BCUT2D eigenvalue weighted by Crippen LogP contribution is 2.28. The van der Waals surface area contributed by atoms with E-state index in [1.54, 1.807) is 18.4 Å². The summed E-state index contributed by atoms with van der Waals surface area (Å²) in [5.74, 6) is 0.883. The predicted octanol–water partition coefficient (Wildman–Crippen LogP) is 4.82. The van der Waals surface area contributed by atoms with Crippen molar-refractivity contribution in [2.75, 3.05) is 7.11 Å². The van der Waals surface area contributed by atoms with Gasteiger partial charge in [-0.15, -0.1) is 11.3 Å². The second-order valence-corrected chi connectivity index (χ2v) is 6.27. The first-order chi connectivity index (χ1) is 9.10. The topological polar surface area (TPSA) is 21.3 Å². The summed E-state index contributed by atoms with van der Waals surface area (Å²) in [5.41, 5.74) is 1.25. The lowest BCUT2D eigenvalue weighted by Gasteiger charge is -2.19. The predicted molar refractivity (Wildman–Crippen MR) is 82.3 cm³/mol. The van der Waals surface area contributed by atoms with E-state index >= 15 is 0 Å². The Morgan fingerprint density at radius 3 is 2.26 bits per heavy atom. The molecule has 0 spiro atoms. The summed E-state index contributed by atoms with van der Waals surface area (Å²) in [6.07, 6.45) is 0. The molecule has 0 aliphatic heterocycles. The third-order valence-electron chi connectivity index (χ3n) is 3.14. The van der Waals surface area contributed by atoms with E-state index < -0.39 is 0 Å². The quantitative estimate of drug-likeness (QED) is 0.853. The third kappa shape index (κ3) is 3.72. The minimum atomic E-state index is 0.279. The molecule has 0 saturated carbocycles. The van der Waals surface area contributed by atoms with Crippen LogP contribution in [0.15, 0.2) is 36.4 Å². The zero-order valence-corrected chi connectivity index (χ0v) is 12.9. The van der Waals surface area contributed by atoms with Crippen molar-refractivity contribution in [3.63, 3.8) is 0 Å². The van der Waals surface area contributed by atoms with Crippen LogP contribution in [0.4, 0.5) is 0 Å². The fourth-order valence-corrected chi connectivity index (χ4v) is 3.08. The summed E-state index contributed by atoms with van der Waals surface area (Å²) in [5, 5.41) is 3.57. The van der Waals surface area contributed by atoms with Crippen LogP contribution in [0.5, 0.6) is 5.75 Å². The fraction of sp³-hybridized carbons (Fsp3) is 0.333. The van der Waals surface area contributed by atoms with Gasteiger partial charge in [0.2, 0.25) is 0 Å². The summed E-state index contributed by atoms with van der Waals surface area (Å²) in [7, 11) is 1.68. The molecule has 4 heteroatoms. The molecular formula is C15H18ClNOS. The van der Waals surface area contributed by atoms with Crippen LogP contribution >= 0.6 is 22.9 Å². The number of methoxy groups -OCH3 is 1. The van der Waals surface area contributed by atoms with E-state index in [2.05, 4.69) is 37.4 Å². The Morgan fingerprint density at radius 1 is 1.05 bits per heavy atom. The highest BCUT2D eigenvalue weighted by atomic mass is 35.5. The molecule has 2 unspecified atom stereocenters. The molecule has 0 aliphatic carbocycles. The van der Waals surface area contributed by atoms with E-state index in [-0.39, 0.29) is 12.1 Å². The van der Waals surface area contributed by atoms with Crippen LogP contribution in [0.1, 0.15) is 36.4 Å². The summed E-state index contributed by atoms with van der Waals surface area (Å²) in [6, 6.07) is 12.7. The lowest BCUT2D eigenvalue weighted by Crippen LogP contribution is -2.21. The SMILES string of the molecule is COc1ccc(C(C)NC(C)c2ccc(Cl)s2)cc1. The normalized spacial score (nSPS) is 14.1. The Labute approximate surface area is 123 Å². The average molecular weight is 296 g/mol. The lowest BCUT2D eigenvalue weighted by atomic mass is 10.1. The molecule has 0 amide bonds. The molecule has 2 atom stereocenters. The number of nitrogens with one attached hydrogen (secondary N) is 1. The van der Waals surface area contributed by atoms with Crippen molar-refractivity contribution in [2.24, 2.45) is 0 Å². The van der Waals surface area contributed by atoms with Gasteiger partial charge in [-0.25, -0.2) is 0 Å². The van der Waals surface area contributed by atoms with E-state index in [1.165, 1.54) is 10.4 Å². The van der Waals surface area contributed by atoms with Gasteiger partial charge in [0.15, 0.2) is 0 Å². The van der Waals surface area contributed by atoms with Crippen LogP contribution in [-0.2, 0) is 0 Å². The van der Waals surface area contributed by atoms with Gasteiger partial charge in [-0.1, -0.05) is 23.7 Å². The smallest absolute Gasteiger partial charge is 0.118 e. The summed E-state index contributed by atoms with van der Waals surface area (Å²) < 4.78 is 6.00. The Bertz CT molecular complexity index is 523. The monoisotopic (exact) mass is 295 g/mol. The van der Waals surface area contributed by atoms with Crippen molar-refractivity contribution in [1.29, 1.82) is 0 Å². The number of ether oxygens (including phenoxy) is 1. The molecule has 0 bridgehead atoms. The fourth-order valence-electron chi connectivity index (χ4n) is 2.01. The van der Waals surface area contributed by atoms with Crippen LogP contribution < -0.4 is 10.1 Å². The zero-order chi connectivity index (χ0) is 13.8. The number of halogens is 1. The molecule has 0 aliphatic rings. The molecule has 0 saturated heterocycles. The average Bonchev–Trinajstić information content (AvgIpc) is 2.85. The maximum absolute atomic E-state index is 5.97. The standard InChI is InChI=1S/C15H18ClNOS/c1-10(12-4-6-13(18-3)7-5-12)17-11(2)14-8-9-15(16)19-14/h4-11,17H,1-3H3. The molecule has 0 radical (unpaired) electrons. The van der Waals surface area contributed by atoms with Crippen LogP contribution in [0, 0.1) is 0 Å². The van der Waals surface area contributed by atoms with Crippen molar-refractivity contribution in [2.45, 2.75) is 25.9 Å². The highest BCUT2D eigenvalue weighted by Gasteiger charge is 2.12. The summed E-state index contributed by atoms with van der Waals surface area (Å²) >= 11 is 7.59. The van der Waals surface area contributed by atoms with Crippen LogP contribution in [0.3, 0.4) is 0 Å². The minimum Gasteiger partial charge on any atom is -0.497 e. The molecule has 2 rings (SSSR count). The first kappa shape index (κ1) is 14.4. The molecule has 1 heterocycles. The minimum absolute atomic E-state index is 0.279. The Kier molecular flexibility index (Phi) is 4.86. The number of thiophene rings is 1. The van der Waals surface area contributed by atoms with Gasteiger partial charge in [-0.2, -0.15) is 0 Å². The van der Waals surface area contributed by atoms with Gasteiger partial charge in [0.05, 0.1) is 11.4 Å². The number of rotatable bonds is 5. The molecule has 102 valence electrons. The third-order valence-corrected chi connectivity index (χ3v) is 4.55. The van der Waals surface area contributed by atoms with E-state index in [4.69, 9.17) is 16.3 Å². The van der Waals surface area contributed by atoms with Gasteiger partial charge in [0.1, 0.15) is 5.75 Å². The maximum Gasteiger partial charge on any atom is 0.118 e. The van der Waals surface area contributed by atoms with E-state index in [0.29, 0.717) is 0 Å². The molecule has 2 nitrogen and oxygen atoms in total. The number of hydrogen-bond acceptors (Lipinski definition) is 3. The van der Waals surface area contributed by atoms with Gasteiger partial charge in [0.25, 0.3) is 0 Å². The highest BCUT2D eigenvalue weighted by molar-refractivity contribution is 7.16. The van der Waals surface area contributed by atoms with Crippen LogP contribution in [0.25, 0.3) is 0 Å². The van der Waals surface area contributed by atoms with E-state index in [9.17, 15) is 0 Å². The zero-order valence-electron chi connectivity index (χ0n) is 11.3. The van der Waals surface area contributed by atoms with Crippen molar-refractivity contribution < 1.29 is 4.74 Å². The summed E-state index contributed by atoms with van der Waals surface area (Å²) in [6.45, 7) is 4.32. The van der Waals surface area contributed by atoms with Crippen molar-refractivity contribution in [3.05, 3.63) is 51.2 Å². The van der Waals surface area contributed by atoms with Crippen molar-refractivity contribution in [1.82, 2.24) is 5.32 Å². The van der Waals surface area contributed by atoms with Gasteiger partial charge in [-0.05, 0) is 43.7 Å².